The highest BCUT2D eigenvalue weighted by atomic mass is 16.5. The predicted molar refractivity (Wildman–Crippen MR) is 72.3 cm³/mol. The fraction of sp³-hybridized carbons (Fsp3) is 0.714. The van der Waals surface area contributed by atoms with Crippen molar-refractivity contribution in [1.82, 2.24) is 10.1 Å². The van der Waals surface area contributed by atoms with Crippen LogP contribution in [0.2, 0.25) is 0 Å². The maximum Gasteiger partial charge on any atom is 0.227 e. The first-order chi connectivity index (χ1) is 8.90. The van der Waals surface area contributed by atoms with Crippen molar-refractivity contribution in [2.45, 2.75) is 51.6 Å². The van der Waals surface area contributed by atoms with Crippen LogP contribution in [0.1, 0.15) is 44.1 Å². The number of hydrogen-bond donors (Lipinski definition) is 1. The molecule has 1 aliphatic carbocycles. The normalized spacial score (nSPS) is 27.3. The van der Waals surface area contributed by atoms with E-state index in [1.54, 1.807) is 11.9 Å². The average Bonchev–Trinajstić information content (AvgIpc) is 2.73. The van der Waals surface area contributed by atoms with E-state index in [4.69, 9.17) is 10.3 Å². The molecule has 5 heteroatoms. The molecule has 1 aliphatic rings. The van der Waals surface area contributed by atoms with Crippen LogP contribution in [0.5, 0.6) is 0 Å². The van der Waals surface area contributed by atoms with Crippen LogP contribution in [0.3, 0.4) is 0 Å². The van der Waals surface area contributed by atoms with Crippen LogP contribution in [-0.4, -0.2) is 28.6 Å². The topological polar surface area (TPSA) is 72.4 Å². The molecule has 5 nitrogen and oxygen atoms in total. The van der Waals surface area contributed by atoms with E-state index >= 15 is 0 Å². The Kier molecular flexibility index (Phi) is 3.94. The van der Waals surface area contributed by atoms with Crippen LogP contribution in [0.25, 0.3) is 0 Å². The van der Waals surface area contributed by atoms with Crippen molar-refractivity contribution >= 4 is 5.91 Å². The minimum Gasteiger partial charge on any atom is -0.361 e. The standard InChI is InChI=1S/C14H23N3O2/c1-10-8-11(16-19-10)9-17(3)13(18)12-6-4-5-7-14(12,2)15/h8,12H,4-7,9,15H2,1-3H3. The summed E-state index contributed by atoms with van der Waals surface area (Å²) >= 11 is 0. The van der Waals surface area contributed by atoms with Gasteiger partial charge in [0.25, 0.3) is 0 Å². The van der Waals surface area contributed by atoms with Gasteiger partial charge in [-0.15, -0.1) is 0 Å². The third kappa shape index (κ3) is 3.15. The summed E-state index contributed by atoms with van der Waals surface area (Å²) in [5.41, 5.74) is 6.67. The first-order valence-electron chi connectivity index (χ1n) is 6.86. The molecule has 0 radical (unpaired) electrons. The highest BCUT2D eigenvalue weighted by molar-refractivity contribution is 5.80. The second-order valence-electron chi connectivity index (χ2n) is 5.93. The summed E-state index contributed by atoms with van der Waals surface area (Å²) in [6.07, 6.45) is 4.00. The van der Waals surface area contributed by atoms with Crippen LogP contribution >= 0.6 is 0 Å². The Bertz CT molecular complexity index is 453. The number of hydrogen-bond acceptors (Lipinski definition) is 4. The van der Waals surface area contributed by atoms with Crippen LogP contribution in [0.4, 0.5) is 0 Å². The van der Waals surface area contributed by atoms with Crippen molar-refractivity contribution in [2.24, 2.45) is 11.7 Å². The van der Waals surface area contributed by atoms with Crippen LogP contribution < -0.4 is 5.73 Å². The molecule has 1 saturated carbocycles. The number of nitrogens with two attached hydrogens (primary N) is 1. The summed E-state index contributed by atoms with van der Waals surface area (Å²) in [5.74, 6) is 0.793. The highest BCUT2D eigenvalue weighted by Crippen LogP contribution is 2.32. The summed E-state index contributed by atoms with van der Waals surface area (Å²) < 4.78 is 5.02. The number of aromatic nitrogens is 1. The molecule has 2 N–H and O–H groups in total. The Morgan fingerprint density at radius 2 is 2.37 bits per heavy atom. The van der Waals surface area contributed by atoms with E-state index in [2.05, 4.69) is 5.16 Å². The quantitative estimate of drug-likeness (QED) is 0.905. The molecule has 1 aromatic heterocycles. The first kappa shape index (κ1) is 14.1. The van der Waals surface area contributed by atoms with E-state index in [9.17, 15) is 4.79 Å². The molecule has 1 heterocycles. The van der Waals surface area contributed by atoms with E-state index in [0.717, 1.165) is 37.1 Å². The molecule has 1 aromatic rings. The fourth-order valence-electron chi connectivity index (χ4n) is 2.84. The van der Waals surface area contributed by atoms with Crippen LogP contribution in [-0.2, 0) is 11.3 Å². The molecule has 1 amide bonds. The third-order valence-electron chi connectivity index (χ3n) is 4.00. The van der Waals surface area contributed by atoms with Crippen molar-refractivity contribution in [3.05, 3.63) is 17.5 Å². The van der Waals surface area contributed by atoms with E-state index in [1.165, 1.54) is 0 Å². The van der Waals surface area contributed by atoms with Gasteiger partial charge in [-0.05, 0) is 26.7 Å². The fourth-order valence-corrected chi connectivity index (χ4v) is 2.84. The van der Waals surface area contributed by atoms with Gasteiger partial charge in [0.1, 0.15) is 11.5 Å². The number of carbonyl (C=O) groups excluding carboxylic acids is 1. The monoisotopic (exact) mass is 265 g/mol. The minimum absolute atomic E-state index is 0.0840. The molecular formula is C14H23N3O2. The van der Waals surface area contributed by atoms with Gasteiger partial charge in [0.2, 0.25) is 5.91 Å². The lowest BCUT2D eigenvalue weighted by Gasteiger charge is -2.39. The Labute approximate surface area is 114 Å². The number of aryl methyl sites for hydroxylation is 1. The zero-order valence-corrected chi connectivity index (χ0v) is 12.0. The molecule has 106 valence electrons. The molecule has 0 bridgehead atoms. The Balaban J connectivity index is 2.02. The third-order valence-corrected chi connectivity index (χ3v) is 4.00. The van der Waals surface area contributed by atoms with Gasteiger partial charge in [-0.1, -0.05) is 18.0 Å². The van der Waals surface area contributed by atoms with E-state index in [0.29, 0.717) is 6.54 Å². The number of carbonyl (C=O) groups is 1. The second kappa shape index (κ2) is 5.33. The van der Waals surface area contributed by atoms with Gasteiger partial charge in [0, 0.05) is 18.7 Å². The molecule has 2 unspecified atom stereocenters. The lowest BCUT2D eigenvalue weighted by Crippen LogP contribution is -2.53. The largest absolute Gasteiger partial charge is 0.361 e. The summed E-state index contributed by atoms with van der Waals surface area (Å²) in [7, 11) is 1.80. The van der Waals surface area contributed by atoms with Gasteiger partial charge in [-0.2, -0.15) is 0 Å². The van der Waals surface area contributed by atoms with Gasteiger partial charge in [-0.25, -0.2) is 0 Å². The Hall–Kier alpha value is -1.36. The molecule has 19 heavy (non-hydrogen) atoms. The van der Waals surface area contributed by atoms with Gasteiger partial charge >= 0.3 is 0 Å². The summed E-state index contributed by atoms with van der Waals surface area (Å²) in [6.45, 7) is 4.31. The van der Waals surface area contributed by atoms with Crippen LogP contribution in [0.15, 0.2) is 10.6 Å². The zero-order valence-electron chi connectivity index (χ0n) is 12.0. The van der Waals surface area contributed by atoms with Gasteiger partial charge < -0.3 is 15.2 Å². The van der Waals surface area contributed by atoms with Crippen molar-refractivity contribution < 1.29 is 9.32 Å². The van der Waals surface area contributed by atoms with Crippen molar-refractivity contribution in [1.29, 1.82) is 0 Å². The predicted octanol–water partition coefficient (Wildman–Crippen LogP) is 1.85. The first-order valence-corrected chi connectivity index (χ1v) is 6.86. The van der Waals surface area contributed by atoms with Crippen molar-refractivity contribution in [3.63, 3.8) is 0 Å². The Morgan fingerprint density at radius 3 is 2.95 bits per heavy atom. The lowest BCUT2D eigenvalue weighted by molar-refractivity contribution is -0.138. The second-order valence-corrected chi connectivity index (χ2v) is 5.93. The number of rotatable bonds is 3. The van der Waals surface area contributed by atoms with Crippen molar-refractivity contribution in [2.75, 3.05) is 7.05 Å². The van der Waals surface area contributed by atoms with Gasteiger partial charge in [-0.3, -0.25) is 4.79 Å². The maximum atomic E-state index is 12.5. The number of nitrogens with zero attached hydrogens (tertiary/aromatic N) is 2. The Morgan fingerprint density at radius 1 is 1.63 bits per heavy atom. The average molecular weight is 265 g/mol. The number of amides is 1. The molecule has 0 saturated heterocycles. The van der Waals surface area contributed by atoms with Crippen molar-refractivity contribution in [3.8, 4) is 0 Å². The molecule has 1 fully saturated rings. The molecule has 0 spiro atoms. The summed E-state index contributed by atoms with van der Waals surface area (Å²) in [4.78, 5) is 14.2. The minimum atomic E-state index is -0.386. The molecule has 0 aromatic carbocycles. The zero-order chi connectivity index (χ0) is 14.0. The molecular weight excluding hydrogens is 242 g/mol. The van der Waals surface area contributed by atoms with E-state index < -0.39 is 0 Å². The maximum absolute atomic E-state index is 12.5. The van der Waals surface area contributed by atoms with Gasteiger partial charge in [0.15, 0.2) is 0 Å². The lowest BCUT2D eigenvalue weighted by atomic mass is 9.74. The highest BCUT2D eigenvalue weighted by Gasteiger charge is 2.39. The van der Waals surface area contributed by atoms with E-state index in [-0.39, 0.29) is 17.4 Å². The SMILES string of the molecule is Cc1cc(CN(C)C(=O)C2CCCCC2(C)N)no1. The summed E-state index contributed by atoms with van der Waals surface area (Å²) in [6, 6.07) is 1.85. The van der Waals surface area contributed by atoms with E-state index in [1.807, 2.05) is 19.9 Å². The molecule has 2 atom stereocenters. The molecule has 2 rings (SSSR count). The van der Waals surface area contributed by atoms with Gasteiger partial charge in [0.05, 0.1) is 12.5 Å². The summed E-state index contributed by atoms with van der Waals surface area (Å²) in [5, 5.41) is 3.92. The van der Waals surface area contributed by atoms with Crippen LogP contribution in [0, 0.1) is 12.8 Å². The molecule has 0 aliphatic heterocycles. The smallest absolute Gasteiger partial charge is 0.227 e.